The second-order valence-electron chi connectivity index (χ2n) is 6.13. The quantitative estimate of drug-likeness (QED) is 0.476. The van der Waals surface area contributed by atoms with Crippen molar-refractivity contribution in [2.24, 2.45) is 0 Å². The third-order valence-electron chi connectivity index (χ3n) is 3.80. The summed E-state index contributed by atoms with van der Waals surface area (Å²) < 4.78 is 9.81. The first-order valence-electron chi connectivity index (χ1n) is 8.06. The first kappa shape index (κ1) is 19.2. The standard InChI is InChI=1S/C18H20N2O6/c1-10(2)13-7-5-6-11(3)16(13)19-17(21)12(4)25-18(22)14-8-9-15(26-14)20(23)24/h5-10,12H,1-4H3,(H,19,21)/t12-/m0/s1. The van der Waals surface area contributed by atoms with Crippen LogP contribution < -0.4 is 5.32 Å². The highest BCUT2D eigenvalue weighted by molar-refractivity contribution is 5.97. The van der Waals surface area contributed by atoms with Crippen LogP contribution in [-0.2, 0) is 9.53 Å². The Hall–Kier alpha value is -3.16. The van der Waals surface area contributed by atoms with Gasteiger partial charge >= 0.3 is 11.9 Å². The van der Waals surface area contributed by atoms with Crippen molar-refractivity contribution < 1.29 is 23.7 Å². The summed E-state index contributed by atoms with van der Waals surface area (Å²) in [5.41, 5.74) is 2.55. The smallest absolute Gasteiger partial charge is 0.433 e. The van der Waals surface area contributed by atoms with Gasteiger partial charge < -0.3 is 14.5 Å². The van der Waals surface area contributed by atoms with E-state index in [1.165, 1.54) is 6.92 Å². The number of para-hydroxylation sites is 1. The van der Waals surface area contributed by atoms with E-state index in [0.29, 0.717) is 5.69 Å². The van der Waals surface area contributed by atoms with Gasteiger partial charge in [-0.2, -0.15) is 0 Å². The molecule has 8 nitrogen and oxygen atoms in total. The number of carbonyl (C=O) groups excluding carboxylic acids is 2. The van der Waals surface area contributed by atoms with Crippen molar-refractivity contribution in [3.63, 3.8) is 0 Å². The number of carbonyl (C=O) groups is 2. The fourth-order valence-corrected chi connectivity index (χ4v) is 2.37. The van der Waals surface area contributed by atoms with Crippen LogP contribution in [0, 0.1) is 17.0 Å². The Morgan fingerprint density at radius 3 is 2.46 bits per heavy atom. The number of nitrogens with one attached hydrogen (secondary N) is 1. The zero-order chi connectivity index (χ0) is 19.4. The highest BCUT2D eigenvalue weighted by Crippen LogP contribution is 2.27. The maximum absolute atomic E-state index is 12.4. The molecule has 1 N–H and O–H groups in total. The number of esters is 1. The van der Waals surface area contributed by atoms with Gasteiger partial charge in [0.25, 0.3) is 5.91 Å². The normalized spacial score (nSPS) is 11.9. The second-order valence-corrected chi connectivity index (χ2v) is 6.13. The Morgan fingerprint density at radius 2 is 1.88 bits per heavy atom. The minimum Gasteiger partial charge on any atom is -0.447 e. The maximum atomic E-state index is 12.4. The number of nitrogens with zero attached hydrogens (tertiary/aromatic N) is 1. The number of hydrogen-bond donors (Lipinski definition) is 1. The van der Waals surface area contributed by atoms with Crippen LogP contribution in [0.15, 0.2) is 34.7 Å². The molecule has 0 saturated carbocycles. The molecule has 1 aromatic carbocycles. The second kappa shape index (κ2) is 7.81. The number of hydrogen-bond acceptors (Lipinski definition) is 6. The number of amides is 1. The van der Waals surface area contributed by atoms with E-state index >= 15 is 0 Å². The molecule has 1 aromatic heterocycles. The van der Waals surface area contributed by atoms with Gasteiger partial charge in [0.1, 0.15) is 4.92 Å². The van der Waals surface area contributed by atoms with Crippen molar-refractivity contribution >= 4 is 23.4 Å². The number of nitro groups is 1. The molecular weight excluding hydrogens is 340 g/mol. The van der Waals surface area contributed by atoms with Crippen molar-refractivity contribution in [1.82, 2.24) is 0 Å². The molecule has 0 aliphatic heterocycles. The van der Waals surface area contributed by atoms with Crippen LogP contribution >= 0.6 is 0 Å². The Balaban J connectivity index is 2.08. The van der Waals surface area contributed by atoms with Crippen LogP contribution in [0.3, 0.4) is 0 Å². The van der Waals surface area contributed by atoms with Crippen LogP contribution in [0.25, 0.3) is 0 Å². The van der Waals surface area contributed by atoms with Crippen molar-refractivity contribution in [2.75, 3.05) is 5.32 Å². The Bertz CT molecular complexity index is 840. The lowest BCUT2D eigenvalue weighted by Crippen LogP contribution is -2.30. The van der Waals surface area contributed by atoms with Gasteiger partial charge in [-0.15, -0.1) is 0 Å². The lowest BCUT2D eigenvalue weighted by molar-refractivity contribution is -0.402. The van der Waals surface area contributed by atoms with E-state index in [-0.39, 0.29) is 11.7 Å². The van der Waals surface area contributed by atoms with Gasteiger partial charge in [0.15, 0.2) is 6.10 Å². The summed E-state index contributed by atoms with van der Waals surface area (Å²) in [6.45, 7) is 7.31. The molecule has 0 saturated heterocycles. The molecule has 1 atom stereocenters. The molecule has 2 rings (SSSR count). The lowest BCUT2D eigenvalue weighted by atomic mass is 9.98. The SMILES string of the molecule is Cc1cccc(C(C)C)c1NC(=O)[C@H](C)OC(=O)c1ccc([N+](=O)[O-])o1. The van der Waals surface area contributed by atoms with Crippen molar-refractivity contribution in [2.45, 2.75) is 39.7 Å². The van der Waals surface area contributed by atoms with Crippen LogP contribution in [0.5, 0.6) is 0 Å². The van der Waals surface area contributed by atoms with Gasteiger partial charge in [-0.25, -0.2) is 4.79 Å². The van der Waals surface area contributed by atoms with Gasteiger partial charge in [-0.1, -0.05) is 32.0 Å². The fourth-order valence-electron chi connectivity index (χ4n) is 2.37. The molecule has 2 aromatic rings. The molecule has 0 fully saturated rings. The molecule has 0 spiro atoms. The van der Waals surface area contributed by atoms with Crippen LogP contribution in [0.4, 0.5) is 11.6 Å². The van der Waals surface area contributed by atoms with E-state index in [2.05, 4.69) is 5.32 Å². The van der Waals surface area contributed by atoms with E-state index in [4.69, 9.17) is 9.15 Å². The Kier molecular flexibility index (Phi) is 5.76. The monoisotopic (exact) mass is 360 g/mol. The summed E-state index contributed by atoms with van der Waals surface area (Å²) in [4.78, 5) is 34.2. The van der Waals surface area contributed by atoms with Crippen molar-refractivity contribution in [3.8, 4) is 0 Å². The maximum Gasteiger partial charge on any atom is 0.433 e. The average Bonchev–Trinajstić information content (AvgIpc) is 3.06. The Labute approximate surface area is 150 Å². The van der Waals surface area contributed by atoms with Crippen molar-refractivity contribution in [1.29, 1.82) is 0 Å². The van der Waals surface area contributed by atoms with Crippen LogP contribution in [0.1, 0.15) is 48.4 Å². The zero-order valence-electron chi connectivity index (χ0n) is 14.9. The number of anilines is 1. The molecule has 0 radical (unpaired) electrons. The highest BCUT2D eigenvalue weighted by Gasteiger charge is 2.24. The molecule has 0 aliphatic rings. The van der Waals surface area contributed by atoms with Gasteiger partial charge in [0.05, 0.1) is 6.07 Å². The number of furan rings is 1. The van der Waals surface area contributed by atoms with Crippen LogP contribution in [0.2, 0.25) is 0 Å². The van der Waals surface area contributed by atoms with E-state index < -0.39 is 28.8 Å². The van der Waals surface area contributed by atoms with Gasteiger partial charge in [-0.3, -0.25) is 14.9 Å². The minimum atomic E-state index is -1.11. The molecule has 138 valence electrons. The zero-order valence-corrected chi connectivity index (χ0v) is 14.9. The molecule has 0 aliphatic carbocycles. The number of ether oxygens (including phenoxy) is 1. The molecule has 26 heavy (non-hydrogen) atoms. The molecule has 1 amide bonds. The van der Waals surface area contributed by atoms with Gasteiger partial charge in [0.2, 0.25) is 5.76 Å². The summed E-state index contributed by atoms with van der Waals surface area (Å²) in [6, 6.07) is 7.88. The van der Waals surface area contributed by atoms with Crippen molar-refractivity contribution in [3.05, 3.63) is 57.3 Å². The summed E-state index contributed by atoms with van der Waals surface area (Å²) >= 11 is 0. The van der Waals surface area contributed by atoms with Gasteiger partial charge in [0, 0.05) is 5.69 Å². The predicted molar refractivity (Wildman–Crippen MR) is 94.1 cm³/mol. The molecular formula is C18H20N2O6. The van der Waals surface area contributed by atoms with E-state index in [1.807, 2.05) is 39.0 Å². The molecule has 0 unspecified atom stereocenters. The average molecular weight is 360 g/mol. The number of aryl methyl sites for hydroxylation is 1. The topological polar surface area (TPSA) is 112 Å². The van der Waals surface area contributed by atoms with E-state index in [1.54, 1.807) is 0 Å². The molecule has 8 heteroatoms. The summed E-state index contributed by atoms with van der Waals surface area (Å²) in [7, 11) is 0. The van der Waals surface area contributed by atoms with Gasteiger partial charge in [-0.05, 0) is 37.0 Å². The Morgan fingerprint density at radius 1 is 1.19 bits per heavy atom. The number of benzene rings is 1. The fraction of sp³-hybridized carbons (Fsp3) is 0.333. The van der Waals surface area contributed by atoms with Crippen LogP contribution in [-0.4, -0.2) is 22.9 Å². The van der Waals surface area contributed by atoms with E-state index in [0.717, 1.165) is 23.3 Å². The highest BCUT2D eigenvalue weighted by atomic mass is 16.7. The molecule has 0 bridgehead atoms. The summed E-state index contributed by atoms with van der Waals surface area (Å²) in [5.74, 6) is -2.16. The summed E-state index contributed by atoms with van der Waals surface area (Å²) in [6.07, 6.45) is -1.11. The first-order chi connectivity index (χ1) is 12.2. The summed E-state index contributed by atoms with van der Waals surface area (Å²) in [5, 5.41) is 13.4. The third-order valence-corrected chi connectivity index (χ3v) is 3.80. The largest absolute Gasteiger partial charge is 0.447 e. The number of rotatable bonds is 6. The third kappa shape index (κ3) is 4.27. The molecule has 1 heterocycles. The minimum absolute atomic E-state index is 0.201. The van der Waals surface area contributed by atoms with E-state index in [9.17, 15) is 19.7 Å². The predicted octanol–water partition coefficient (Wildman–Crippen LogP) is 3.80. The lowest BCUT2D eigenvalue weighted by Gasteiger charge is -2.18. The first-order valence-corrected chi connectivity index (χ1v) is 8.06.